The molecule has 98 valence electrons. The van der Waals surface area contributed by atoms with Gasteiger partial charge in [-0.3, -0.25) is 0 Å². The predicted octanol–water partition coefficient (Wildman–Crippen LogP) is 0.393. The largest absolute Gasteiger partial charge is 0.548 e. The van der Waals surface area contributed by atoms with Crippen LogP contribution in [0.2, 0.25) is 0 Å². The van der Waals surface area contributed by atoms with Crippen LogP contribution < -0.4 is 15.7 Å². The van der Waals surface area contributed by atoms with Gasteiger partial charge in [0, 0.05) is 6.04 Å². The van der Waals surface area contributed by atoms with Crippen molar-refractivity contribution in [3.05, 3.63) is 0 Å². The van der Waals surface area contributed by atoms with E-state index in [1.54, 1.807) is 13.8 Å². The minimum Gasteiger partial charge on any atom is -0.548 e. The lowest BCUT2D eigenvalue weighted by Gasteiger charge is -2.27. The summed E-state index contributed by atoms with van der Waals surface area (Å²) >= 11 is 0. The van der Waals surface area contributed by atoms with Crippen LogP contribution in [0.1, 0.15) is 46.0 Å². The molecular formula is C12H21N2O3-. The summed E-state index contributed by atoms with van der Waals surface area (Å²) in [6.45, 7) is 3.47. The Bertz CT molecular complexity index is 273. The third kappa shape index (κ3) is 4.63. The van der Waals surface area contributed by atoms with Gasteiger partial charge in [0.25, 0.3) is 0 Å². The zero-order valence-electron chi connectivity index (χ0n) is 10.5. The Balaban J connectivity index is 2.38. The standard InChI is InChI=1S/C12H22N2O3/c1-8(2)10(11(15)16)14-12(17)13-9-6-4-3-5-7-9/h8-10H,3-7H2,1-2H3,(H,15,16)(H2,13,14,17)/p-1. The number of carbonyl (C=O) groups excluding carboxylic acids is 2. The Morgan fingerprint density at radius 2 is 1.76 bits per heavy atom. The molecule has 0 spiro atoms. The Kier molecular flexibility index (Phi) is 5.25. The highest BCUT2D eigenvalue weighted by atomic mass is 16.4. The van der Waals surface area contributed by atoms with E-state index >= 15 is 0 Å². The molecule has 1 rings (SSSR count). The van der Waals surface area contributed by atoms with Crippen molar-refractivity contribution in [1.29, 1.82) is 0 Å². The van der Waals surface area contributed by atoms with Crippen LogP contribution >= 0.6 is 0 Å². The normalized spacial score (nSPS) is 18.8. The lowest BCUT2D eigenvalue weighted by atomic mass is 9.96. The molecule has 5 nitrogen and oxygen atoms in total. The number of hydrogen-bond donors (Lipinski definition) is 2. The first kappa shape index (κ1) is 13.8. The predicted molar refractivity (Wildman–Crippen MR) is 62.2 cm³/mol. The Morgan fingerprint density at radius 3 is 2.24 bits per heavy atom. The van der Waals surface area contributed by atoms with Crippen LogP contribution in [0.4, 0.5) is 4.79 Å². The summed E-state index contributed by atoms with van der Waals surface area (Å²) in [5, 5.41) is 16.1. The van der Waals surface area contributed by atoms with Crippen LogP contribution in [-0.2, 0) is 4.79 Å². The molecule has 5 heteroatoms. The summed E-state index contributed by atoms with van der Waals surface area (Å²) in [4.78, 5) is 22.4. The van der Waals surface area contributed by atoms with E-state index in [0.29, 0.717) is 0 Å². The molecule has 0 aliphatic heterocycles. The third-order valence-electron chi connectivity index (χ3n) is 3.15. The summed E-state index contributed by atoms with van der Waals surface area (Å²) < 4.78 is 0. The van der Waals surface area contributed by atoms with Crippen molar-refractivity contribution in [3.8, 4) is 0 Å². The van der Waals surface area contributed by atoms with E-state index in [4.69, 9.17) is 0 Å². The first-order valence-corrected chi connectivity index (χ1v) is 6.28. The lowest BCUT2D eigenvalue weighted by molar-refractivity contribution is -0.309. The number of amides is 2. The maximum Gasteiger partial charge on any atom is 0.315 e. The summed E-state index contributed by atoms with van der Waals surface area (Å²) in [6, 6.07) is -1.16. The summed E-state index contributed by atoms with van der Waals surface area (Å²) in [5.41, 5.74) is 0. The van der Waals surface area contributed by atoms with Crippen molar-refractivity contribution in [1.82, 2.24) is 10.6 Å². The third-order valence-corrected chi connectivity index (χ3v) is 3.15. The van der Waals surface area contributed by atoms with Crippen molar-refractivity contribution in [2.24, 2.45) is 5.92 Å². The van der Waals surface area contributed by atoms with Crippen LogP contribution in [0.3, 0.4) is 0 Å². The second kappa shape index (κ2) is 6.47. The van der Waals surface area contributed by atoms with Crippen molar-refractivity contribution in [2.75, 3.05) is 0 Å². The Hall–Kier alpha value is -1.26. The van der Waals surface area contributed by atoms with Gasteiger partial charge in [-0.1, -0.05) is 33.1 Å². The molecule has 0 aromatic carbocycles. The average molecular weight is 241 g/mol. The van der Waals surface area contributed by atoms with E-state index in [0.717, 1.165) is 25.7 Å². The number of hydrogen-bond acceptors (Lipinski definition) is 3. The SMILES string of the molecule is CC(C)C(NC(=O)NC1CCCCC1)C(=O)[O-]. The lowest BCUT2D eigenvalue weighted by Crippen LogP contribution is -2.55. The molecule has 1 unspecified atom stereocenters. The summed E-state index contributed by atoms with van der Waals surface area (Å²) in [5.74, 6) is -1.42. The maximum atomic E-state index is 11.6. The maximum absolute atomic E-state index is 11.6. The zero-order valence-corrected chi connectivity index (χ0v) is 10.5. The van der Waals surface area contributed by atoms with Crippen LogP contribution in [-0.4, -0.2) is 24.1 Å². The zero-order chi connectivity index (χ0) is 12.8. The van der Waals surface area contributed by atoms with Crippen LogP contribution in [0.15, 0.2) is 0 Å². The van der Waals surface area contributed by atoms with Crippen LogP contribution in [0, 0.1) is 5.92 Å². The Morgan fingerprint density at radius 1 is 1.18 bits per heavy atom. The molecule has 17 heavy (non-hydrogen) atoms. The molecule has 0 bridgehead atoms. The van der Waals surface area contributed by atoms with Crippen molar-refractivity contribution >= 4 is 12.0 Å². The molecule has 1 fully saturated rings. The molecule has 0 radical (unpaired) electrons. The van der Waals surface area contributed by atoms with E-state index in [-0.39, 0.29) is 12.0 Å². The second-order valence-electron chi connectivity index (χ2n) is 4.99. The number of rotatable bonds is 4. The van der Waals surface area contributed by atoms with E-state index in [1.165, 1.54) is 6.42 Å². The van der Waals surface area contributed by atoms with Gasteiger partial charge in [0.1, 0.15) is 0 Å². The second-order valence-corrected chi connectivity index (χ2v) is 4.99. The van der Waals surface area contributed by atoms with Gasteiger partial charge in [-0.25, -0.2) is 4.79 Å². The van der Waals surface area contributed by atoms with Crippen LogP contribution in [0.25, 0.3) is 0 Å². The molecule has 0 saturated heterocycles. The van der Waals surface area contributed by atoms with Gasteiger partial charge in [-0.15, -0.1) is 0 Å². The monoisotopic (exact) mass is 241 g/mol. The van der Waals surface area contributed by atoms with Crippen molar-refractivity contribution in [2.45, 2.75) is 58.0 Å². The highest BCUT2D eigenvalue weighted by Crippen LogP contribution is 2.17. The van der Waals surface area contributed by atoms with Gasteiger partial charge >= 0.3 is 6.03 Å². The topological polar surface area (TPSA) is 81.3 Å². The number of carboxylic acid groups (broad SMARTS) is 1. The van der Waals surface area contributed by atoms with Crippen molar-refractivity contribution < 1.29 is 14.7 Å². The fraction of sp³-hybridized carbons (Fsp3) is 0.833. The van der Waals surface area contributed by atoms with Gasteiger partial charge in [0.15, 0.2) is 0 Å². The molecule has 2 amide bonds. The first-order chi connectivity index (χ1) is 8.00. The highest BCUT2D eigenvalue weighted by molar-refractivity contribution is 5.81. The van der Waals surface area contributed by atoms with Gasteiger partial charge in [-0.2, -0.15) is 0 Å². The molecule has 1 saturated carbocycles. The molecule has 0 aromatic rings. The fourth-order valence-corrected chi connectivity index (χ4v) is 2.11. The number of aliphatic carboxylic acids is 1. The van der Waals surface area contributed by atoms with E-state index in [2.05, 4.69) is 10.6 Å². The molecule has 2 N–H and O–H groups in total. The molecular weight excluding hydrogens is 220 g/mol. The van der Waals surface area contributed by atoms with Gasteiger partial charge < -0.3 is 20.5 Å². The van der Waals surface area contributed by atoms with E-state index in [1.807, 2.05) is 0 Å². The van der Waals surface area contributed by atoms with Gasteiger partial charge in [0.2, 0.25) is 0 Å². The molecule has 0 heterocycles. The smallest absolute Gasteiger partial charge is 0.315 e. The number of carboxylic acids is 1. The van der Waals surface area contributed by atoms with Crippen LogP contribution in [0.5, 0.6) is 0 Å². The van der Waals surface area contributed by atoms with E-state index < -0.39 is 18.0 Å². The molecule has 1 aliphatic rings. The minimum atomic E-state index is -1.24. The van der Waals surface area contributed by atoms with Gasteiger partial charge in [0.05, 0.1) is 12.0 Å². The molecule has 0 aromatic heterocycles. The first-order valence-electron chi connectivity index (χ1n) is 6.28. The number of carbonyl (C=O) groups is 2. The number of urea groups is 1. The highest BCUT2D eigenvalue weighted by Gasteiger charge is 2.20. The minimum absolute atomic E-state index is 0.179. The van der Waals surface area contributed by atoms with Crippen molar-refractivity contribution in [3.63, 3.8) is 0 Å². The van der Waals surface area contributed by atoms with Gasteiger partial charge in [-0.05, 0) is 18.8 Å². The average Bonchev–Trinajstić information content (AvgIpc) is 2.26. The molecule has 1 atom stereocenters. The quantitative estimate of drug-likeness (QED) is 0.747. The fourth-order valence-electron chi connectivity index (χ4n) is 2.11. The number of nitrogens with one attached hydrogen (secondary N) is 2. The molecule has 1 aliphatic carbocycles. The summed E-state index contributed by atoms with van der Waals surface area (Å²) in [7, 11) is 0. The van der Waals surface area contributed by atoms with E-state index in [9.17, 15) is 14.7 Å². The Labute approximate surface area is 102 Å². The summed E-state index contributed by atoms with van der Waals surface area (Å²) in [6.07, 6.45) is 5.42.